The molecule has 0 amide bonds. The molecule has 0 spiro atoms. The number of hydrogen-bond donors (Lipinski definition) is 1. The molecule has 2 aromatic rings. The lowest BCUT2D eigenvalue weighted by molar-refractivity contribution is 0.659. The van der Waals surface area contributed by atoms with Gasteiger partial charge in [0.25, 0.3) is 0 Å². The van der Waals surface area contributed by atoms with Crippen molar-refractivity contribution in [3.05, 3.63) is 30.2 Å². The maximum atomic E-state index is 4.41. The van der Waals surface area contributed by atoms with Gasteiger partial charge in [0.1, 0.15) is 5.65 Å². The Labute approximate surface area is 101 Å². The van der Waals surface area contributed by atoms with Gasteiger partial charge >= 0.3 is 0 Å². The Hall–Kier alpha value is -1.55. The van der Waals surface area contributed by atoms with Gasteiger partial charge in [0.15, 0.2) is 0 Å². The van der Waals surface area contributed by atoms with Gasteiger partial charge in [-0.25, -0.2) is 10.4 Å². The zero-order valence-corrected chi connectivity index (χ0v) is 10.2. The Bertz CT molecular complexity index is 509. The fraction of sp³-hybridized carbons (Fsp3) is 0.462. The average molecular weight is 230 g/mol. The van der Waals surface area contributed by atoms with E-state index in [1.807, 2.05) is 12.4 Å². The van der Waals surface area contributed by atoms with Crippen LogP contribution in [0.25, 0.3) is 5.65 Å². The van der Waals surface area contributed by atoms with Crippen molar-refractivity contribution in [2.24, 2.45) is 0 Å². The van der Waals surface area contributed by atoms with Gasteiger partial charge in [-0.15, -0.1) is 0 Å². The molecular formula is C13H18N4. The minimum atomic E-state index is 1.05. The number of hydrogen-bond acceptors (Lipinski definition) is 3. The van der Waals surface area contributed by atoms with Gasteiger partial charge in [0, 0.05) is 37.2 Å². The van der Waals surface area contributed by atoms with Gasteiger partial charge in [-0.3, -0.25) is 0 Å². The second-order valence-electron chi connectivity index (χ2n) is 4.60. The average Bonchev–Trinajstić information content (AvgIpc) is 2.66. The van der Waals surface area contributed by atoms with Crippen LogP contribution in [0, 0.1) is 6.92 Å². The molecule has 0 aliphatic carbocycles. The van der Waals surface area contributed by atoms with Crippen molar-refractivity contribution in [1.29, 1.82) is 0 Å². The van der Waals surface area contributed by atoms with Crippen LogP contribution in [0.5, 0.6) is 0 Å². The monoisotopic (exact) mass is 230 g/mol. The van der Waals surface area contributed by atoms with Crippen LogP contribution >= 0.6 is 0 Å². The Kier molecular flexibility index (Phi) is 2.73. The Morgan fingerprint density at radius 2 is 2.18 bits per heavy atom. The van der Waals surface area contributed by atoms with Crippen molar-refractivity contribution in [3.8, 4) is 0 Å². The van der Waals surface area contributed by atoms with Crippen molar-refractivity contribution in [2.75, 3.05) is 18.1 Å². The fourth-order valence-corrected chi connectivity index (χ4v) is 2.48. The molecule has 0 unspecified atom stereocenters. The lowest BCUT2D eigenvalue weighted by Crippen LogP contribution is -2.38. The van der Waals surface area contributed by atoms with Gasteiger partial charge in [-0.05, 0) is 25.8 Å². The zero-order chi connectivity index (χ0) is 11.7. The van der Waals surface area contributed by atoms with Crippen LogP contribution < -0.4 is 10.4 Å². The summed E-state index contributed by atoms with van der Waals surface area (Å²) in [6.45, 7) is 4.29. The topological polar surface area (TPSA) is 32.6 Å². The third-order valence-electron chi connectivity index (χ3n) is 3.43. The SMILES string of the molecule is Cc1c(N2CCCCCN2)ccn2ccnc12. The van der Waals surface area contributed by atoms with E-state index in [9.17, 15) is 0 Å². The van der Waals surface area contributed by atoms with E-state index in [1.165, 1.54) is 30.5 Å². The summed E-state index contributed by atoms with van der Waals surface area (Å²) in [5.74, 6) is 0. The summed E-state index contributed by atoms with van der Waals surface area (Å²) in [6, 6.07) is 2.17. The zero-order valence-electron chi connectivity index (χ0n) is 10.2. The summed E-state index contributed by atoms with van der Waals surface area (Å²) in [5.41, 5.74) is 7.04. The highest BCUT2D eigenvalue weighted by Gasteiger charge is 2.13. The lowest BCUT2D eigenvalue weighted by atomic mass is 10.2. The lowest BCUT2D eigenvalue weighted by Gasteiger charge is -2.25. The van der Waals surface area contributed by atoms with E-state index in [0.717, 1.165) is 18.7 Å². The molecule has 3 heterocycles. The minimum absolute atomic E-state index is 1.05. The number of anilines is 1. The predicted octanol–water partition coefficient (Wildman–Crippen LogP) is 2.14. The second kappa shape index (κ2) is 4.37. The Balaban J connectivity index is 2.00. The van der Waals surface area contributed by atoms with Crippen LogP contribution in [0.4, 0.5) is 5.69 Å². The quantitative estimate of drug-likeness (QED) is 0.814. The minimum Gasteiger partial charge on any atom is -0.308 e. The third-order valence-corrected chi connectivity index (χ3v) is 3.43. The van der Waals surface area contributed by atoms with Crippen LogP contribution in [-0.4, -0.2) is 22.5 Å². The summed E-state index contributed by atoms with van der Waals surface area (Å²) in [7, 11) is 0. The maximum Gasteiger partial charge on any atom is 0.141 e. The van der Waals surface area contributed by atoms with E-state index >= 15 is 0 Å². The molecule has 4 heteroatoms. The van der Waals surface area contributed by atoms with E-state index in [0.29, 0.717) is 0 Å². The van der Waals surface area contributed by atoms with Gasteiger partial charge in [0.2, 0.25) is 0 Å². The molecule has 0 radical (unpaired) electrons. The largest absolute Gasteiger partial charge is 0.308 e. The van der Waals surface area contributed by atoms with Crippen molar-refractivity contribution in [1.82, 2.24) is 14.8 Å². The molecule has 90 valence electrons. The fourth-order valence-electron chi connectivity index (χ4n) is 2.48. The molecule has 17 heavy (non-hydrogen) atoms. The first kappa shape index (κ1) is 10.6. The van der Waals surface area contributed by atoms with Gasteiger partial charge in [0.05, 0.1) is 5.69 Å². The molecule has 0 bridgehead atoms. The number of hydrazine groups is 1. The van der Waals surface area contributed by atoms with Crippen molar-refractivity contribution in [2.45, 2.75) is 26.2 Å². The van der Waals surface area contributed by atoms with E-state index in [4.69, 9.17) is 0 Å². The Morgan fingerprint density at radius 1 is 1.24 bits per heavy atom. The molecule has 3 rings (SSSR count). The molecule has 0 aromatic carbocycles. The summed E-state index contributed by atoms with van der Waals surface area (Å²) >= 11 is 0. The molecule has 1 aliphatic rings. The molecule has 0 atom stereocenters. The highest BCUT2D eigenvalue weighted by molar-refractivity contribution is 5.64. The first-order valence-electron chi connectivity index (χ1n) is 6.29. The van der Waals surface area contributed by atoms with Crippen LogP contribution in [0.3, 0.4) is 0 Å². The predicted molar refractivity (Wildman–Crippen MR) is 69.1 cm³/mol. The summed E-state index contributed by atoms with van der Waals surface area (Å²) in [5, 5.41) is 2.27. The van der Waals surface area contributed by atoms with Crippen LogP contribution in [0.1, 0.15) is 24.8 Å². The van der Waals surface area contributed by atoms with Crippen LogP contribution in [-0.2, 0) is 0 Å². The standard InChI is InChI=1S/C13H18N4/c1-11-12(17-8-4-2-3-6-15-17)5-9-16-10-7-14-13(11)16/h5,7,9-10,15H,2-4,6,8H2,1H3. The molecular weight excluding hydrogens is 212 g/mol. The normalized spacial score (nSPS) is 17.4. The molecule has 2 aromatic heterocycles. The number of aryl methyl sites for hydroxylation is 1. The first-order chi connectivity index (χ1) is 8.36. The maximum absolute atomic E-state index is 4.41. The van der Waals surface area contributed by atoms with E-state index in [-0.39, 0.29) is 0 Å². The molecule has 1 saturated heterocycles. The molecule has 1 fully saturated rings. The highest BCUT2D eigenvalue weighted by atomic mass is 15.5. The number of imidazole rings is 1. The first-order valence-corrected chi connectivity index (χ1v) is 6.29. The number of nitrogens with zero attached hydrogens (tertiary/aromatic N) is 3. The molecule has 1 N–H and O–H groups in total. The molecule has 4 nitrogen and oxygen atoms in total. The Morgan fingerprint density at radius 3 is 3.12 bits per heavy atom. The van der Waals surface area contributed by atoms with Crippen molar-refractivity contribution < 1.29 is 0 Å². The van der Waals surface area contributed by atoms with Crippen molar-refractivity contribution >= 4 is 11.3 Å². The number of aromatic nitrogens is 2. The van der Waals surface area contributed by atoms with E-state index < -0.39 is 0 Å². The number of pyridine rings is 1. The summed E-state index contributed by atoms with van der Waals surface area (Å²) < 4.78 is 2.07. The molecule has 0 saturated carbocycles. The van der Waals surface area contributed by atoms with Gasteiger partial charge in [-0.1, -0.05) is 6.42 Å². The van der Waals surface area contributed by atoms with Crippen molar-refractivity contribution in [3.63, 3.8) is 0 Å². The van der Waals surface area contributed by atoms with Gasteiger partial charge in [-0.2, -0.15) is 0 Å². The van der Waals surface area contributed by atoms with Gasteiger partial charge < -0.3 is 9.41 Å². The number of rotatable bonds is 1. The third kappa shape index (κ3) is 1.89. The van der Waals surface area contributed by atoms with Crippen LogP contribution in [0.2, 0.25) is 0 Å². The van der Waals surface area contributed by atoms with E-state index in [1.54, 1.807) is 0 Å². The highest BCUT2D eigenvalue weighted by Crippen LogP contribution is 2.23. The van der Waals surface area contributed by atoms with E-state index in [2.05, 4.69) is 39.0 Å². The number of fused-ring (bicyclic) bond motifs is 1. The number of nitrogens with one attached hydrogen (secondary N) is 1. The smallest absolute Gasteiger partial charge is 0.141 e. The molecule has 1 aliphatic heterocycles. The second-order valence-corrected chi connectivity index (χ2v) is 4.60. The summed E-state index contributed by atoms with van der Waals surface area (Å²) in [4.78, 5) is 4.41. The summed E-state index contributed by atoms with van der Waals surface area (Å²) in [6.07, 6.45) is 9.75. The van der Waals surface area contributed by atoms with Crippen LogP contribution in [0.15, 0.2) is 24.7 Å².